The minimum atomic E-state index is -0.922. The quantitative estimate of drug-likeness (QED) is 0.215. The highest BCUT2D eigenvalue weighted by atomic mass is 35.5. The highest BCUT2D eigenvalue weighted by Crippen LogP contribution is 2.42. The maximum Gasteiger partial charge on any atom is 0.141 e. The maximum absolute atomic E-state index is 11.5. The van der Waals surface area contributed by atoms with Crippen LogP contribution < -0.4 is 5.32 Å². The van der Waals surface area contributed by atoms with E-state index in [2.05, 4.69) is 48.3 Å². The number of rotatable bonds is 4. The Morgan fingerprint density at radius 1 is 0.952 bits per heavy atom. The molecule has 5 nitrogen and oxygen atoms in total. The van der Waals surface area contributed by atoms with Crippen molar-refractivity contribution in [2.75, 3.05) is 26.2 Å². The Bertz CT molecular complexity index is 1720. The van der Waals surface area contributed by atoms with E-state index >= 15 is 0 Å². The first-order chi connectivity index (χ1) is 20.3. The molecule has 2 aromatic heterocycles. The lowest BCUT2D eigenvalue weighted by molar-refractivity contribution is -0.0722. The summed E-state index contributed by atoms with van der Waals surface area (Å²) >= 11 is 12.5. The molecule has 0 aliphatic carbocycles. The Kier molecular flexibility index (Phi) is 8.49. The molecule has 2 N–H and O–H groups in total. The van der Waals surface area contributed by atoms with Gasteiger partial charge >= 0.3 is 0 Å². The van der Waals surface area contributed by atoms with Gasteiger partial charge in [0, 0.05) is 64.0 Å². The predicted molar refractivity (Wildman–Crippen MR) is 172 cm³/mol. The van der Waals surface area contributed by atoms with Crippen LogP contribution in [0.15, 0.2) is 93.7 Å². The van der Waals surface area contributed by atoms with Crippen LogP contribution in [0, 0.1) is 5.92 Å². The van der Waals surface area contributed by atoms with Gasteiger partial charge in [-0.3, -0.25) is 4.90 Å². The van der Waals surface area contributed by atoms with E-state index < -0.39 is 5.60 Å². The number of furan rings is 2. The van der Waals surface area contributed by atoms with Crippen LogP contribution in [0.1, 0.15) is 43.4 Å². The van der Waals surface area contributed by atoms with Crippen molar-refractivity contribution in [3.05, 3.63) is 112 Å². The van der Waals surface area contributed by atoms with Gasteiger partial charge in [-0.1, -0.05) is 66.0 Å². The Hall–Kier alpha value is -3.06. The molecule has 2 aliphatic heterocycles. The minimum absolute atomic E-state index is 0.0803. The monoisotopic (exact) mass is 602 g/mol. The summed E-state index contributed by atoms with van der Waals surface area (Å²) in [6.07, 6.45) is 5.07. The molecule has 0 amide bonds. The van der Waals surface area contributed by atoms with E-state index in [0.717, 1.165) is 77.2 Å². The van der Waals surface area contributed by atoms with Crippen molar-refractivity contribution in [3.63, 3.8) is 0 Å². The molecular formula is C35H36Cl2N2O3. The van der Waals surface area contributed by atoms with Crippen LogP contribution in [0.25, 0.3) is 27.5 Å². The van der Waals surface area contributed by atoms with E-state index in [1.165, 1.54) is 16.7 Å². The molecule has 0 spiro atoms. The molecule has 0 saturated carbocycles. The fourth-order valence-electron chi connectivity index (χ4n) is 6.40. The summed E-state index contributed by atoms with van der Waals surface area (Å²) in [5.74, 6) is 0.0803. The molecule has 42 heavy (non-hydrogen) atoms. The van der Waals surface area contributed by atoms with Crippen molar-refractivity contribution in [1.82, 2.24) is 10.2 Å². The first kappa shape index (κ1) is 29.0. The molecule has 2 unspecified atom stereocenters. The Morgan fingerprint density at radius 3 is 2.36 bits per heavy atom. The average Bonchev–Trinajstić information content (AvgIpc) is 3.65. The van der Waals surface area contributed by atoms with Gasteiger partial charge < -0.3 is 19.3 Å². The van der Waals surface area contributed by atoms with Crippen LogP contribution in [0.5, 0.6) is 0 Å². The second-order valence-corrected chi connectivity index (χ2v) is 12.4. The molecule has 2 aliphatic rings. The molecular weight excluding hydrogens is 567 g/mol. The number of aliphatic hydroxyl groups is 1. The molecule has 1 saturated heterocycles. The van der Waals surface area contributed by atoms with E-state index in [1.807, 2.05) is 42.5 Å². The predicted octanol–water partition coefficient (Wildman–Crippen LogP) is 8.67. The third kappa shape index (κ3) is 5.90. The third-order valence-corrected chi connectivity index (χ3v) is 9.12. The lowest BCUT2D eigenvalue weighted by Gasteiger charge is -2.43. The molecule has 7 heteroatoms. The molecule has 2 atom stereocenters. The summed E-state index contributed by atoms with van der Waals surface area (Å²) in [6.45, 7) is 8.81. The van der Waals surface area contributed by atoms with Gasteiger partial charge in [-0.2, -0.15) is 0 Å². The lowest BCUT2D eigenvalue weighted by atomic mass is 9.76. The van der Waals surface area contributed by atoms with Crippen LogP contribution in [0.3, 0.4) is 0 Å². The Balaban J connectivity index is 0.000000162. The summed E-state index contributed by atoms with van der Waals surface area (Å²) in [7, 11) is 0. The highest BCUT2D eigenvalue weighted by molar-refractivity contribution is 6.32. The zero-order chi connectivity index (χ0) is 29.3. The lowest BCUT2D eigenvalue weighted by Crippen LogP contribution is -2.48. The second kappa shape index (κ2) is 12.3. The first-order valence-electron chi connectivity index (χ1n) is 14.5. The zero-order valence-electron chi connectivity index (χ0n) is 24.0. The standard InChI is InChI=1S/C21H22ClNO2.C14H14ClNO/c1-15-13-23(14-16-5-3-2-4-6-16)9-8-21(15,24)19-12-18(22)11-17-7-10-25-20(17)19;1-9-8-16-4-2-12(9)13-7-11(15)6-10-3-5-17-14(10)13/h2-7,10-12,15,24H,8-9,13-14H2,1H3;3,5-7,16H,2,4,8H2,1H3. The van der Waals surface area contributed by atoms with Crippen molar-refractivity contribution in [2.45, 2.75) is 38.8 Å². The van der Waals surface area contributed by atoms with Crippen LogP contribution in [-0.4, -0.2) is 36.2 Å². The normalized spacial score (nSPS) is 21.5. The maximum atomic E-state index is 11.5. The Labute approximate surface area is 256 Å². The van der Waals surface area contributed by atoms with Gasteiger partial charge in [-0.05, 0) is 73.8 Å². The van der Waals surface area contributed by atoms with Crippen molar-refractivity contribution < 1.29 is 13.9 Å². The van der Waals surface area contributed by atoms with E-state index in [4.69, 9.17) is 32.0 Å². The number of nitrogens with one attached hydrogen (secondary N) is 1. The van der Waals surface area contributed by atoms with Crippen LogP contribution in [-0.2, 0) is 12.1 Å². The number of nitrogens with zero attached hydrogens (tertiary/aromatic N) is 1. The van der Waals surface area contributed by atoms with E-state index in [-0.39, 0.29) is 5.92 Å². The largest absolute Gasteiger partial charge is 0.464 e. The minimum Gasteiger partial charge on any atom is -0.464 e. The van der Waals surface area contributed by atoms with Crippen LogP contribution >= 0.6 is 23.2 Å². The molecule has 218 valence electrons. The summed E-state index contributed by atoms with van der Waals surface area (Å²) in [4.78, 5) is 2.40. The van der Waals surface area contributed by atoms with Crippen LogP contribution in [0.2, 0.25) is 10.0 Å². The average molecular weight is 604 g/mol. The molecule has 7 rings (SSSR count). The molecule has 1 fully saturated rings. The first-order valence-corrected chi connectivity index (χ1v) is 15.3. The number of halogens is 2. The molecule has 3 aromatic carbocycles. The van der Waals surface area contributed by atoms with Gasteiger partial charge in [0.15, 0.2) is 0 Å². The summed E-state index contributed by atoms with van der Waals surface area (Å²) in [5.41, 5.74) is 6.77. The number of hydrogen-bond acceptors (Lipinski definition) is 5. The van der Waals surface area contributed by atoms with E-state index in [0.29, 0.717) is 11.4 Å². The molecule has 5 aromatic rings. The van der Waals surface area contributed by atoms with Crippen molar-refractivity contribution in [3.8, 4) is 0 Å². The van der Waals surface area contributed by atoms with Gasteiger partial charge in [0.25, 0.3) is 0 Å². The molecule has 0 radical (unpaired) electrons. The third-order valence-electron chi connectivity index (χ3n) is 8.69. The van der Waals surface area contributed by atoms with Gasteiger partial charge in [0.1, 0.15) is 11.2 Å². The fourth-order valence-corrected chi connectivity index (χ4v) is 6.85. The topological polar surface area (TPSA) is 61.8 Å². The van der Waals surface area contributed by atoms with Crippen molar-refractivity contribution in [1.29, 1.82) is 0 Å². The van der Waals surface area contributed by atoms with Crippen molar-refractivity contribution in [2.24, 2.45) is 5.92 Å². The fraction of sp³-hybridized carbons (Fsp3) is 0.314. The zero-order valence-corrected chi connectivity index (χ0v) is 25.5. The summed E-state index contributed by atoms with van der Waals surface area (Å²) in [5, 5.41) is 18.3. The van der Waals surface area contributed by atoms with Gasteiger partial charge in [0.2, 0.25) is 0 Å². The molecule has 4 heterocycles. The highest BCUT2D eigenvalue weighted by Gasteiger charge is 2.42. The van der Waals surface area contributed by atoms with Crippen molar-refractivity contribution >= 4 is 50.7 Å². The number of hydrogen-bond donors (Lipinski definition) is 2. The number of likely N-dealkylation sites (tertiary alicyclic amines) is 1. The second-order valence-electron chi connectivity index (χ2n) is 11.6. The smallest absolute Gasteiger partial charge is 0.141 e. The molecule has 0 bridgehead atoms. The van der Waals surface area contributed by atoms with Gasteiger partial charge in [0.05, 0.1) is 18.1 Å². The number of piperidine rings is 1. The number of benzene rings is 3. The van der Waals surface area contributed by atoms with Gasteiger partial charge in [-0.15, -0.1) is 0 Å². The Morgan fingerprint density at radius 2 is 1.64 bits per heavy atom. The summed E-state index contributed by atoms with van der Waals surface area (Å²) in [6, 6.07) is 22.0. The number of fused-ring (bicyclic) bond motifs is 2. The summed E-state index contributed by atoms with van der Waals surface area (Å²) < 4.78 is 11.3. The SMILES string of the molecule is CC1=C(c2cc(Cl)cc3ccoc23)CCNC1.CC1CN(Cc2ccccc2)CCC1(O)c1cc(Cl)cc2ccoc12. The van der Waals surface area contributed by atoms with E-state index in [1.54, 1.807) is 12.5 Å². The van der Waals surface area contributed by atoms with E-state index in [9.17, 15) is 5.11 Å². The van der Waals surface area contributed by atoms with Crippen LogP contribution in [0.4, 0.5) is 0 Å². The van der Waals surface area contributed by atoms with Gasteiger partial charge in [-0.25, -0.2) is 0 Å².